The second-order valence-corrected chi connectivity index (χ2v) is 5.76. The summed E-state index contributed by atoms with van der Waals surface area (Å²) < 4.78 is 0. The quantitative estimate of drug-likeness (QED) is 0.491. The monoisotopic (exact) mass is 306 g/mol. The van der Waals surface area contributed by atoms with Gasteiger partial charge in [0.1, 0.15) is 0 Å². The zero-order chi connectivity index (χ0) is 16.7. The number of nitrogens with one attached hydrogen (secondary N) is 1. The van der Waals surface area contributed by atoms with E-state index in [9.17, 15) is 9.59 Å². The van der Waals surface area contributed by atoms with Crippen LogP contribution in [-0.4, -0.2) is 40.8 Å². The lowest BCUT2D eigenvalue weighted by Crippen LogP contribution is -2.52. The van der Waals surface area contributed by atoms with E-state index >= 15 is 0 Å². The van der Waals surface area contributed by atoms with Crippen molar-refractivity contribution in [1.82, 2.24) is 5.32 Å². The number of nitrogens with two attached hydrogens (primary N) is 1. The van der Waals surface area contributed by atoms with Crippen molar-refractivity contribution in [3.05, 3.63) is 35.9 Å². The molecule has 0 aliphatic heterocycles. The molecule has 22 heavy (non-hydrogen) atoms. The summed E-state index contributed by atoms with van der Waals surface area (Å²) in [5, 5.41) is 20.5. The highest BCUT2D eigenvalue weighted by molar-refractivity contribution is 6.79. The third-order valence-corrected chi connectivity index (χ3v) is 3.26. The van der Waals surface area contributed by atoms with Gasteiger partial charge in [0, 0.05) is 0 Å². The number of amides is 1. The van der Waals surface area contributed by atoms with Crippen LogP contribution in [0.25, 0.3) is 0 Å². The topological polar surface area (TPSA) is 113 Å². The zero-order valence-corrected chi connectivity index (χ0v) is 12.9. The maximum Gasteiger partial charge on any atom is 0.529 e. The predicted octanol–water partition coefficient (Wildman–Crippen LogP) is -0.332. The van der Waals surface area contributed by atoms with Crippen molar-refractivity contribution in [2.45, 2.75) is 38.8 Å². The summed E-state index contributed by atoms with van der Waals surface area (Å²) in [6.07, 6.45) is 0.664. The van der Waals surface area contributed by atoms with E-state index in [2.05, 4.69) is 5.32 Å². The van der Waals surface area contributed by atoms with Gasteiger partial charge in [-0.1, -0.05) is 44.2 Å². The van der Waals surface area contributed by atoms with Crippen molar-refractivity contribution in [3.8, 4) is 0 Å². The van der Waals surface area contributed by atoms with Gasteiger partial charge >= 0.3 is 7.12 Å². The van der Waals surface area contributed by atoms with Crippen LogP contribution in [0.15, 0.2) is 30.3 Å². The van der Waals surface area contributed by atoms with Crippen LogP contribution in [0.3, 0.4) is 0 Å². The second-order valence-electron chi connectivity index (χ2n) is 5.76. The number of carbonyl (C=O) groups excluding carboxylic acids is 2. The standard InChI is InChI=1S/C15H23BN2O4/c1-10(2)8-13(14(19)16(21)22)18-15(20)12(17)9-11-6-4-3-5-7-11/h3-7,10,12-13,21-22H,8-9,17H2,1-2H3,(H,18,20)/t12-,13-/m0/s1. The van der Waals surface area contributed by atoms with E-state index in [0.717, 1.165) is 5.56 Å². The number of benzene rings is 1. The molecule has 0 saturated heterocycles. The van der Waals surface area contributed by atoms with Crippen LogP contribution in [0.5, 0.6) is 0 Å². The lowest BCUT2D eigenvalue weighted by atomic mass is 9.77. The number of carbonyl (C=O) groups is 2. The van der Waals surface area contributed by atoms with Crippen LogP contribution in [-0.2, 0) is 16.0 Å². The molecule has 1 amide bonds. The minimum absolute atomic E-state index is 0.110. The Labute approximate surface area is 130 Å². The van der Waals surface area contributed by atoms with Crippen LogP contribution in [0, 0.1) is 5.92 Å². The Morgan fingerprint density at radius 1 is 1.23 bits per heavy atom. The average Bonchev–Trinajstić information content (AvgIpc) is 2.46. The van der Waals surface area contributed by atoms with E-state index in [1.54, 1.807) is 0 Å². The smallest absolute Gasteiger partial charge is 0.421 e. The van der Waals surface area contributed by atoms with Crippen molar-refractivity contribution in [2.75, 3.05) is 0 Å². The third-order valence-electron chi connectivity index (χ3n) is 3.26. The highest BCUT2D eigenvalue weighted by Gasteiger charge is 2.31. The molecule has 0 saturated carbocycles. The first-order valence-corrected chi connectivity index (χ1v) is 7.31. The summed E-state index contributed by atoms with van der Waals surface area (Å²) in [6.45, 7) is 3.75. The Hall–Kier alpha value is -1.70. The van der Waals surface area contributed by atoms with Crippen molar-refractivity contribution in [1.29, 1.82) is 0 Å². The molecular weight excluding hydrogens is 283 g/mol. The first-order valence-electron chi connectivity index (χ1n) is 7.31. The summed E-state index contributed by atoms with van der Waals surface area (Å²) in [7, 11) is -2.10. The maximum absolute atomic E-state index is 12.1. The fraction of sp³-hybridized carbons (Fsp3) is 0.467. The average molecular weight is 306 g/mol. The summed E-state index contributed by atoms with van der Waals surface area (Å²) in [6, 6.07) is 7.55. The molecular formula is C15H23BN2O4. The minimum atomic E-state index is -2.10. The van der Waals surface area contributed by atoms with Crippen molar-refractivity contribution in [3.63, 3.8) is 0 Å². The Kier molecular flexibility index (Phi) is 7.24. The van der Waals surface area contributed by atoms with Crippen molar-refractivity contribution >= 4 is 18.7 Å². The molecule has 1 aromatic carbocycles. The van der Waals surface area contributed by atoms with Gasteiger partial charge in [0.05, 0.1) is 12.1 Å². The molecule has 0 aromatic heterocycles. The van der Waals surface area contributed by atoms with E-state index in [4.69, 9.17) is 15.8 Å². The summed E-state index contributed by atoms with van der Waals surface area (Å²) in [5.41, 5.74) is 5.95. The molecule has 2 atom stereocenters. The van der Waals surface area contributed by atoms with E-state index in [0.29, 0.717) is 12.8 Å². The van der Waals surface area contributed by atoms with Gasteiger partial charge in [-0.15, -0.1) is 0 Å². The molecule has 120 valence electrons. The van der Waals surface area contributed by atoms with Crippen LogP contribution in [0.1, 0.15) is 25.8 Å². The Morgan fingerprint density at radius 2 is 1.82 bits per heavy atom. The first kappa shape index (κ1) is 18.4. The molecule has 6 nitrogen and oxygen atoms in total. The lowest BCUT2D eigenvalue weighted by molar-refractivity contribution is -0.126. The van der Waals surface area contributed by atoms with Crippen LogP contribution in [0.4, 0.5) is 0 Å². The van der Waals surface area contributed by atoms with Crippen molar-refractivity contribution < 1.29 is 19.6 Å². The molecule has 1 aromatic rings. The number of hydrogen-bond acceptors (Lipinski definition) is 5. The highest BCUT2D eigenvalue weighted by atomic mass is 16.4. The number of rotatable bonds is 8. The Bertz CT molecular complexity index is 494. The van der Waals surface area contributed by atoms with Gasteiger partial charge in [0.2, 0.25) is 5.91 Å². The molecule has 0 heterocycles. The zero-order valence-electron chi connectivity index (χ0n) is 12.9. The molecule has 5 N–H and O–H groups in total. The molecule has 0 aliphatic carbocycles. The van der Waals surface area contributed by atoms with Crippen LogP contribution in [0.2, 0.25) is 0 Å². The summed E-state index contributed by atoms with van der Waals surface area (Å²) >= 11 is 0. The third kappa shape index (κ3) is 5.97. The van der Waals surface area contributed by atoms with Gasteiger partial charge in [-0.2, -0.15) is 0 Å². The second kappa shape index (κ2) is 8.68. The highest BCUT2D eigenvalue weighted by Crippen LogP contribution is 2.08. The van der Waals surface area contributed by atoms with Gasteiger partial charge in [0.25, 0.3) is 0 Å². The molecule has 0 spiro atoms. The van der Waals surface area contributed by atoms with Gasteiger partial charge in [-0.25, -0.2) is 0 Å². The van der Waals surface area contributed by atoms with Crippen LogP contribution < -0.4 is 11.1 Å². The molecule has 0 fully saturated rings. The molecule has 0 aliphatic rings. The van der Waals surface area contributed by atoms with E-state index in [1.807, 2.05) is 44.2 Å². The Morgan fingerprint density at radius 3 is 2.32 bits per heavy atom. The minimum Gasteiger partial charge on any atom is -0.421 e. The fourth-order valence-electron chi connectivity index (χ4n) is 2.14. The molecule has 0 unspecified atom stereocenters. The molecule has 0 bridgehead atoms. The number of hydrogen-bond donors (Lipinski definition) is 4. The maximum atomic E-state index is 12.1. The molecule has 0 radical (unpaired) electrons. The molecule has 7 heteroatoms. The summed E-state index contributed by atoms with van der Waals surface area (Å²) in [5.74, 6) is -0.373. The molecule has 1 rings (SSSR count). The van der Waals surface area contributed by atoms with Crippen LogP contribution >= 0.6 is 0 Å². The SMILES string of the molecule is CC(C)C[C@H](NC(=O)[C@@H](N)Cc1ccccc1)C(=O)B(O)O. The van der Waals surface area contributed by atoms with Gasteiger partial charge < -0.3 is 25.9 Å². The van der Waals surface area contributed by atoms with Gasteiger partial charge in [-0.3, -0.25) is 4.79 Å². The van der Waals surface area contributed by atoms with E-state index < -0.39 is 30.8 Å². The Balaban J connectivity index is 2.67. The summed E-state index contributed by atoms with van der Waals surface area (Å²) in [4.78, 5) is 23.9. The van der Waals surface area contributed by atoms with Gasteiger partial charge in [-0.05, 0) is 24.3 Å². The largest absolute Gasteiger partial charge is 0.529 e. The normalized spacial score (nSPS) is 13.5. The van der Waals surface area contributed by atoms with E-state index in [-0.39, 0.29) is 5.92 Å². The first-order chi connectivity index (χ1) is 10.3. The lowest BCUT2D eigenvalue weighted by Gasteiger charge is -2.21. The van der Waals surface area contributed by atoms with Gasteiger partial charge in [0.15, 0.2) is 5.68 Å². The van der Waals surface area contributed by atoms with E-state index in [1.165, 1.54) is 0 Å². The fourth-order valence-corrected chi connectivity index (χ4v) is 2.14. The predicted molar refractivity (Wildman–Crippen MR) is 84.7 cm³/mol. The van der Waals surface area contributed by atoms with Crippen molar-refractivity contribution in [2.24, 2.45) is 11.7 Å².